The minimum absolute atomic E-state index is 0.0337. The van der Waals surface area contributed by atoms with Crippen LogP contribution in [0, 0.1) is 13.8 Å². The molecule has 174 valence electrons. The number of nitrogen functional groups attached to an aromatic ring is 1. The average Bonchev–Trinajstić information content (AvgIpc) is 3.17. The molecule has 0 aliphatic rings. The number of carbonyl (C=O) groups is 1. The molecule has 1 aromatic heterocycles. The van der Waals surface area contributed by atoms with E-state index in [1.807, 2.05) is 51.1 Å². The van der Waals surface area contributed by atoms with Gasteiger partial charge in [-0.1, -0.05) is 73.2 Å². The number of carbonyl (C=O) groups excluding carboxylic acids is 1. The number of sulfone groups is 1. The number of hydrogen-bond donors (Lipinski definition) is 2. The summed E-state index contributed by atoms with van der Waals surface area (Å²) < 4.78 is 27.4. The van der Waals surface area contributed by atoms with Gasteiger partial charge in [0.15, 0.2) is 0 Å². The summed E-state index contributed by atoms with van der Waals surface area (Å²) in [5.41, 5.74) is 10.7. The molecule has 0 spiro atoms. The molecule has 5 nitrogen and oxygen atoms in total. The van der Waals surface area contributed by atoms with E-state index in [0.717, 1.165) is 40.1 Å². The Bertz CT molecular complexity index is 1460. The van der Waals surface area contributed by atoms with Gasteiger partial charge in [0, 0.05) is 11.3 Å². The van der Waals surface area contributed by atoms with E-state index in [1.165, 1.54) is 12.1 Å². The number of hydrogen-bond acceptors (Lipinski definition) is 6. The van der Waals surface area contributed by atoms with Crippen molar-refractivity contribution in [3.63, 3.8) is 0 Å². The van der Waals surface area contributed by atoms with E-state index in [9.17, 15) is 13.2 Å². The van der Waals surface area contributed by atoms with E-state index in [0.29, 0.717) is 10.6 Å². The van der Waals surface area contributed by atoms with Crippen LogP contribution in [0.2, 0.25) is 0 Å². The summed E-state index contributed by atoms with van der Waals surface area (Å²) in [6, 6.07) is 21.2. The summed E-state index contributed by atoms with van der Waals surface area (Å²) in [5, 5.41) is 3.65. The smallest absolute Gasteiger partial charge is 0.211 e. The number of nitrogens with one attached hydrogen (secondary N) is 1. The van der Waals surface area contributed by atoms with Crippen LogP contribution in [-0.4, -0.2) is 14.2 Å². The highest BCUT2D eigenvalue weighted by molar-refractivity contribution is 7.92. The molecule has 3 N–H and O–H groups in total. The summed E-state index contributed by atoms with van der Waals surface area (Å²) >= 11 is 1.07. The highest BCUT2D eigenvalue weighted by Gasteiger charge is 2.32. The van der Waals surface area contributed by atoms with Crippen LogP contribution < -0.4 is 11.1 Å². The third-order valence-corrected chi connectivity index (χ3v) is 8.82. The standard InChI is InChI=1S/C27H26N2O3S2/c1-4-19-10-8-9-18(3)23(19)29-27-26(34(31,32)21-11-6-5-7-12-21)22(28)25(33-27)24(30)20-15-13-17(2)14-16-20/h5-16,29H,4,28H2,1-3H3. The van der Waals surface area contributed by atoms with Crippen LogP contribution in [0.4, 0.5) is 16.4 Å². The van der Waals surface area contributed by atoms with Crippen molar-refractivity contribution in [1.29, 1.82) is 0 Å². The Morgan fingerprint density at radius 1 is 0.941 bits per heavy atom. The number of ketones is 1. The van der Waals surface area contributed by atoms with Crippen molar-refractivity contribution in [2.75, 3.05) is 11.1 Å². The Morgan fingerprint density at radius 2 is 1.62 bits per heavy atom. The minimum Gasteiger partial charge on any atom is -0.396 e. The largest absolute Gasteiger partial charge is 0.396 e. The van der Waals surface area contributed by atoms with Gasteiger partial charge in [0.2, 0.25) is 15.6 Å². The number of aryl methyl sites for hydroxylation is 3. The molecule has 0 radical (unpaired) electrons. The van der Waals surface area contributed by atoms with Crippen LogP contribution in [0.25, 0.3) is 0 Å². The number of nitrogens with two attached hydrogens (primary N) is 1. The topological polar surface area (TPSA) is 89.3 Å². The molecule has 0 saturated carbocycles. The SMILES string of the molecule is CCc1cccc(C)c1Nc1sc(C(=O)c2ccc(C)cc2)c(N)c1S(=O)(=O)c1ccccc1. The van der Waals surface area contributed by atoms with Crippen LogP contribution in [0.3, 0.4) is 0 Å². The molecule has 0 saturated heterocycles. The third kappa shape index (κ3) is 4.36. The van der Waals surface area contributed by atoms with E-state index in [4.69, 9.17) is 5.73 Å². The second-order valence-electron chi connectivity index (χ2n) is 8.10. The van der Waals surface area contributed by atoms with Gasteiger partial charge in [-0.25, -0.2) is 8.42 Å². The van der Waals surface area contributed by atoms with Crippen LogP contribution in [0.5, 0.6) is 0 Å². The zero-order chi connectivity index (χ0) is 24.5. The minimum atomic E-state index is -3.98. The van der Waals surface area contributed by atoms with Gasteiger partial charge in [-0.05, 0) is 43.5 Å². The first-order valence-corrected chi connectivity index (χ1v) is 13.2. The van der Waals surface area contributed by atoms with E-state index >= 15 is 0 Å². The molecule has 1 heterocycles. The zero-order valence-electron chi connectivity index (χ0n) is 19.3. The molecule has 0 amide bonds. The first-order valence-electron chi connectivity index (χ1n) is 10.9. The molecule has 4 aromatic rings. The number of rotatable bonds is 7. The highest BCUT2D eigenvalue weighted by Crippen LogP contribution is 2.44. The lowest BCUT2D eigenvalue weighted by atomic mass is 10.1. The Balaban J connectivity index is 1.92. The van der Waals surface area contributed by atoms with Crippen LogP contribution in [-0.2, 0) is 16.3 Å². The van der Waals surface area contributed by atoms with Gasteiger partial charge in [0.25, 0.3) is 0 Å². The zero-order valence-corrected chi connectivity index (χ0v) is 20.9. The monoisotopic (exact) mass is 490 g/mol. The predicted octanol–water partition coefficient (Wildman–Crippen LogP) is 6.32. The van der Waals surface area contributed by atoms with Gasteiger partial charge in [0.1, 0.15) is 14.8 Å². The van der Waals surface area contributed by atoms with Gasteiger partial charge in [-0.15, -0.1) is 11.3 Å². The van der Waals surface area contributed by atoms with E-state index in [1.54, 1.807) is 30.3 Å². The van der Waals surface area contributed by atoms with Crippen molar-refractivity contribution in [2.45, 2.75) is 37.0 Å². The first kappa shape index (κ1) is 23.7. The van der Waals surface area contributed by atoms with E-state index < -0.39 is 9.84 Å². The second-order valence-corrected chi connectivity index (χ2v) is 11.0. The number of benzene rings is 3. The maximum Gasteiger partial charge on any atom is 0.211 e. The molecule has 0 aliphatic carbocycles. The van der Waals surface area contributed by atoms with Crippen molar-refractivity contribution in [1.82, 2.24) is 0 Å². The molecule has 7 heteroatoms. The molecule has 4 rings (SSSR count). The van der Waals surface area contributed by atoms with Gasteiger partial charge in [-0.3, -0.25) is 4.79 Å². The molecule has 0 aliphatic heterocycles. The predicted molar refractivity (Wildman–Crippen MR) is 139 cm³/mol. The Kier molecular flexibility index (Phi) is 6.59. The van der Waals surface area contributed by atoms with Crippen LogP contribution in [0.15, 0.2) is 82.6 Å². The van der Waals surface area contributed by atoms with Crippen molar-refractivity contribution < 1.29 is 13.2 Å². The van der Waals surface area contributed by atoms with Crippen molar-refractivity contribution in [3.05, 3.63) is 99.9 Å². The van der Waals surface area contributed by atoms with Gasteiger partial charge in [0.05, 0.1) is 10.6 Å². The molecule has 34 heavy (non-hydrogen) atoms. The van der Waals surface area contributed by atoms with Gasteiger partial charge < -0.3 is 11.1 Å². The second kappa shape index (κ2) is 9.44. The summed E-state index contributed by atoms with van der Waals surface area (Å²) in [6.07, 6.45) is 0.765. The lowest BCUT2D eigenvalue weighted by Crippen LogP contribution is -2.09. The first-order chi connectivity index (χ1) is 16.2. The molecular formula is C27H26N2O3S2. The number of thiophene rings is 1. The molecule has 0 atom stereocenters. The lowest BCUT2D eigenvalue weighted by molar-refractivity contribution is 0.104. The Morgan fingerprint density at radius 3 is 2.26 bits per heavy atom. The summed E-state index contributed by atoms with van der Waals surface area (Å²) in [7, 11) is -3.98. The summed E-state index contributed by atoms with van der Waals surface area (Å²) in [6.45, 7) is 5.94. The maximum absolute atomic E-state index is 13.7. The third-order valence-electron chi connectivity index (χ3n) is 5.72. The van der Waals surface area contributed by atoms with Crippen LogP contribution in [0.1, 0.15) is 38.8 Å². The fourth-order valence-corrected chi connectivity index (χ4v) is 6.75. The molecule has 0 unspecified atom stereocenters. The molecular weight excluding hydrogens is 464 g/mol. The fraction of sp³-hybridized carbons (Fsp3) is 0.148. The van der Waals surface area contributed by atoms with Crippen LogP contribution >= 0.6 is 11.3 Å². The average molecular weight is 491 g/mol. The highest BCUT2D eigenvalue weighted by atomic mass is 32.2. The fourth-order valence-electron chi connectivity index (χ4n) is 3.82. The van der Waals surface area contributed by atoms with Crippen molar-refractivity contribution in [3.8, 4) is 0 Å². The van der Waals surface area contributed by atoms with E-state index in [-0.39, 0.29) is 26.1 Å². The van der Waals surface area contributed by atoms with Crippen molar-refractivity contribution >= 4 is 43.3 Å². The summed E-state index contributed by atoms with van der Waals surface area (Å²) in [4.78, 5) is 13.6. The number of anilines is 3. The number of para-hydroxylation sites is 1. The Hall–Kier alpha value is -3.42. The summed E-state index contributed by atoms with van der Waals surface area (Å²) in [5.74, 6) is -0.305. The molecule has 3 aromatic carbocycles. The van der Waals surface area contributed by atoms with Crippen molar-refractivity contribution in [2.24, 2.45) is 0 Å². The quantitative estimate of drug-likeness (QED) is 0.296. The van der Waals surface area contributed by atoms with Gasteiger partial charge >= 0.3 is 0 Å². The normalized spacial score (nSPS) is 11.4. The molecule has 0 bridgehead atoms. The molecule has 0 fully saturated rings. The van der Waals surface area contributed by atoms with Gasteiger partial charge in [-0.2, -0.15) is 0 Å². The maximum atomic E-state index is 13.7. The van der Waals surface area contributed by atoms with E-state index in [2.05, 4.69) is 5.32 Å². The lowest BCUT2D eigenvalue weighted by Gasteiger charge is -2.14. The Labute approximate surface area is 204 Å².